The summed E-state index contributed by atoms with van der Waals surface area (Å²) in [4.78, 5) is 13.2. The average Bonchev–Trinajstić information content (AvgIpc) is 3.49. The maximum atomic E-state index is 13.2. The number of allylic oxidation sites excluding steroid dienone is 21. The van der Waals surface area contributed by atoms with Crippen LogP contribution in [0.25, 0.3) is 0 Å². The van der Waals surface area contributed by atoms with Crippen molar-refractivity contribution in [3.63, 3.8) is 0 Å². The van der Waals surface area contributed by atoms with Crippen molar-refractivity contribution in [1.29, 1.82) is 0 Å². The van der Waals surface area contributed by atoms with Gasteiger partial charge in [-0.05, 0) is 109 Å². The number of nitrogens with one attached hydrogen (secondary N) is 1. The van der Waals surface area contributed by atoms with E-state index in [2.05, 4.69) is 141 Å². The molecule has 0 aromatic heterocycles. The Balaban J connectivity index is 1.70. The number of carbonyl (C=O) groups excluding carboxylic acids is 1. The van der Waals surface area contributed by atoms with Gasteiger partial charge < -0.3 is 65.1 Å². The summed E-state index contributed by atoms with van der Waals surface area (Å²) in [6, 6.07) is -0.952. The zero-order valence-electron chi connectivity index (χ0n) is 48.8. The third-order valence-electron chi connectivity index (χ3n) is 13.8. The zero-order chi connectivity index (χ0) is 58.1. The van der Waals surface area contributed by atoms with Crippen LogP contribution >= 0.6 is 0 Å². The van der Waals surface area contributed by atoms with Gasteiger partial charge in [0.05, 0.1) is 32.0 Å². The summed E-state index contributed by atoms with van der Waals surface area (Å²) in [6.45, 7) is 2.58. The van der Waals surface area contributed by atoms with E-state index in [4.69, 9.17) is 18.9 Å². The SMILES string of the molecule is CC/C=C\C/C=C\C/C=C\C/C=C\C/C=C\C/C=C\C/C=C\C/C=C\CCCCCCCCCCC(=O)NC(COC1OC(CO)C(OC2OC(CO)C(O)C(O)C2O)C(O)C1O)C(O)/C=C/CC/C=C/CC/C=C/CCCCC. The molecule has 2 aliphatic heterocycles. The molecule has 2 heterocycles. The second-order valence-corrected chi connectivity index (χ2v) is 20.7. The fraction of sp³-hybridized carbons (Fsp3) is 0.652. The minimum absolute atomic E-state index is 0.251. The monoisotopic (exact) mass is 1120 g/mol. The van der Waals surface area contributed by atoms with E-state index in [9.17, 15) is 45.6 Å². The molecular formula is C66H107NO13. The van der Waals surface area contributed by atoms with Crippen LogP contribution in [0.3, 0.4) is 0 Å². The van der Waals surface area contributed by atoms with Gasteiger partial charge in [0.25, 0.3) is 0 Å². The fourth-order valence-electron chi connectivity index (χ4n) is 8.92. The van der Waals surface area contributed by atoms with Crippen LogP contribution < -0.4 is 5.32 Å². The Labute approximate surface area is 481 Å². The summed E-state index contributed by atoms with van der Waals surface area (Å²) in [7, 11) is 0. The first-order valence-corrected chi connectivity index (χ1v) is 30.4. The molecule has 2 aliphatic rings. The molecule has 0 aromatic carbocycles. The molecule has 0 radical (unpaired) electrons. The van der Waals surface area contributed by atoms with Gasteiger partial charge in [0.15, 0.2) is 12.6 Å². The smallest absolute Gasteiger partial charge is 0.220 e. The van der Waals surface area contributed by atoms with Crippen molar-refractivity contribution in [2.75, 3.05) is 19.8 Å². The van der Waals surface area contributed by atoms with Gasteiger partial charge in [-0.15, -0.1) is 0 Å². The number of carbonyl (C=O) groups is 1. The summed E-state index contributed by atoms with van der Waals surface area (Å²) in [5.41, 5.74) is 0. The van der Waals surface area contributed by atoms with Gasteiger partial charge in [-0.25, -0.2) is 0 Å². The maximum absolute atomic E-state index is 13.2. The highest BCUT2D eigenvalue weighted by Crippen LogP contribution is 2.30. The van der Waals surface area contributed by atoms with Crippen molar-refractivity contribution < 1.29 is 64.6 Å². The molecule has 14 heteroatoms. The summed E-state index contributed by atoms with van der Waals surface area (Å²) >= 11 is 0. The maximum Gasteiger partial charge on any atom is 0.220 e. The molecule has 0 spiro atoms. The normalized spacial score (nSPS) is 25.2. The van der Waals surface area contributed by atoms with Gasteiger partial charge in [-0.3, -0.25) is 4.79 Å². The average molecular weight is 1120 g/mol. The van der Waals surface area contributed by atoms with Gasteiger partial charge in [0, 0.05) is 6.42 Å². The van der Waals surface area contributed by atoms with Crippen LogP contribution in [-0.2, 0) is 23.7 Å². The minimum atomic E-state index is -1.80. The Bertz CT molecular complexity index is 1850. The van der Waals surface area contributed by atoms with E-state index < -0.39 is 86.8 Å². The third kappa shape index (κ3) is 34.5. The van der Waals surface area contributed by atoms with E-state index >= 15 is 0 Å². The van der Waals surface area contributed by atoms with Crippen LogP contribution in [-0.4, -0.2) is 140 Å². The third-order valence-corrected chi connectivity index (χ3v) is 13.8. The highest BCUT2D eigenvalue weighted by Gasteiger charge is 2.51. The predicted octanol–water partition coefficient (Wildman–Crippen LogP) is 10.8. The Hall–Kier alpha value is -3.87. The van der Waals surface area contributed by atoms with Crippen LogP contribution in [0.15, 0.2) is 134 Å². The lowest BCUT2D eigenvalue weighted by Crippen LogP contribution is -2.65. The number of amides is 1. The summed E-state index contributed by atoms with van der Waals surface area (Å²) < 4.78 is 22.7. The van der Waals surface area contributed by atoms with Crippen molar-refractivity contribution in [3.05, 3.63) is 134 Å². The standard InChI is InChI=1S/C66H107NO13/c1-3-5-7-9-11-13-15-17-18-19-20-21-22-23-24-25-26-27-28-29-30-31-32-33-34-35-36-38-40-42-44-46-48-50-58(71)67-54(55(70)49-47-45-43-41-39-37-16-14-12-10-8-6-4-2)53-77-65-63(76)61(74)64(57(52-69)79-65)80-66-62(75)60(73)59(72)56(51-68)78-66/h5,7,11-14,17-18,20-21,23-24,26-27,29-30,32-33,39,41,47,49,54-57,59-66,68-70,72-76H,3-4,6,8-10,15-16,19,22,25,28,31,34-38,40,42-46,48,50-53H2,1-2H3,(H,67,71)/b7-5-,13-11-,14-12+,18-17-,21-20-,24-23-,27-26-,30-29-,33-32-,41-39+,49-47+. The molecule has 0 aromatic rings. The highest BCUT2D eigenvalue weighted by molar-refractivity contribution is 5.76. The molecule has 12 unspecified atom stereocenters. The zero-order valence-corrected chi connectivity index (χ0v) is 48.8. The van der Waals surface area contributed by atoms with Gasteiger partial charge in [0.2, 0.25) is 5.91 Å². The number of aliphatic hydroxyl groups excluding tert-OH is 8. The minimum Gasteiger partial charge on any atom is -0.394 e. The van der Waals surface area contributed by atoms with Crippen molar-refractivity contribution in [1.82, 2.24) is 5.32 Å². The molecule has 80 heavy (non-hydrogen) atoms. The van der Waals surface area contributed by atoms with Gasteiger partial charge >= 0.3 is 0 Å². The van der Waals surface area contributed by atoms with E-state index in [-0.39, 0.29) is 18.9 Å². The van der Waals surface area contributed by atoms with Crippen molar-refractivity contribution in [2.24, 2.45) is 0 Å². The second-order valence-electron chi connectivity index (χ2n) is 20.7. The van der Waals surface area contributed by atoms with Crippen molar-refractivity contribution in [3.8, 4) is 0 Å². The van der Waals surface area contributed by atoms with Gasteiger partial charge in [0.1, 0.15) is 48.8 Å². The number of aliphatic hydroxyl groups is 8. The summed E-state index contributed by atoms with van der Waals surface area (Å²) in [6.07, 6.45) is 56.4. The Morgan fingerprint density at radius 2 is 0.875 bits per heavy atom. The van der Waals surface area contributed by atoms with E-state index in [1.54, 1.807) is 6.08 Å². The number of ether oxygens (including phenoxy) is 4. The molecule has 12 atom stereocenters. The lowest BCUT2D eigenvalue weighted by Gasteiger charge is -2.46. The molecule has 0 saturated carbocycles. The lowest BCUT2D eigenvalue weighted by molar-refractivity contribution is -0.359. The number of unbranched alkanes of at least 4 members (excludes halogenated alkanes) is 13. The first-order valence-electron chi connectivity index (χ1n) is 30.4. The molecule has 9 N–H and O–H groups in total. The van der Waals surface area contributed by atoms with Crippen molar-refractivity contribution in [2.45, 2.75) is 254 Å². The molecule has 2 saturated heterocycles. The van der Waals surface area contributed by atoms with Crippen LogP contribution in [0.4, 0.5) is 0 Å². The van der Waals surface area contributed by atoms with Crippen LogP contribution in [0.5, 0.6) is 0 Å². The van der Waals surface area contributed by atoms with E-state index in [1.807, 2.05) is 6.08 Å². The largest absolute Gasteiger partial charge is 0.394 e. The molecular weight excluding hydrogens is 1010 g/mol. The second kappa shape index (κ2) is 49.7. The first kappa shape index (κ1) is 72.2. The van der Waals surface area contributed by atoms with E-state index in [0.29, 0.717) is 12.8 Å². The number of rotatable bonds is 46. The Kier molecular flexibility index (Phi) is 44.9. The lowest BCUT2D eigenvalue weighted by atomic mass is 9.97. The summed E-state index contributed by atoms with van der Waals surface area (Å²) in [5, 5.41) is 87.0. The molecule has 454 valence electrons. The Morgan fingerprint density at radius 3 is 1.38 bits per heavy atom. The van der Waals surface area contributed by atoms with E-state index in [1.165, 1.54) is 38.5 Å². The quantitative estimate of drug-likeness (QED) is 0.0204. The molecule has 0 aliphatic carbocycles. The molecule has 2 rings (SSSR count). The highest BCUT2D eigenvalue weighted by atomic mass is 16.7. The van der Waals surface area contributed by atoms with Crippen LogP contribution in [0, 0.1) is 0 Å². The van der Waals surface area contributed by atoms with E-state index in [0.717, 1.165) is 109 Å². The Morgan fingerprint density at radius 1 is 0.463 bits per heavy atom. The topological polar surface area (TPSA) is 228 Å². The van der Waals surface area contributed by atoms with Crippen molar-refractivity contribution >= 4 is 5.91 Å². The molecule has 14 nitrogen and oxygen atoms in total. The van der Waals surface area contributed by atoms with Crippen LogP contribution in [0.1, 0.15) is 181 Å². The summed E-state index contributed by atoms with van der Waals surface area (Å²) in [5.74, 6) is -0.270. The molecule has 0 bridgehead atoms. The van der Waals surface area contributed by atoms with Crippen LogP contribution in [0.2, 0.25) is 0 Å². The molecule has 2 fully saturated rings. The van der Waals surface area contributed by atoms with Gasteiger partial charge in [-0.1, -0.05) is 199 Å². The number of hydrogen-bond donors (Lipinski definition) is 9. The molecule has 1 amide bonds. The number of hydrogen-bond acceptors (Lipinski definition) is 13. The fourth-order valence-corrected chi connectivity index (χ4v) is 8.92. The van der Waals surface area contributed by atoms with Gasteiger partial charge in [-0.2, -0.15) is 0 Å². The predicted molar refractivity (Wildman–Crippen MR) is 322 cm³/mol. The first-order chi connectivity index (χ1) is 39.1.